The number of hydrogen-bond donors (Lipinski definition) is 3. The van der Waals surface area contributed by atoms with Crippen LogP contribution in [0.1, 0.15) is 20.8 Å². The highest BCUT2D eigenvalue weighted by atomic mass is 16.3. The molecule has 5 N–H and O–H groups in total. The molecule has 0 bridgehead atoms. The van der Waals surface area contributed by atoms with E-state index >= 15 is 0 Å². The molecule has 0 spiro atoms. The van der Waals surface area contributed by atoms with Crippen molar-refractivity contribution in [1.82, 2.24) is 0 Å². The van der Waals surface area contributed by atoms with Gasteiger partial charge in [0, 0.05) is 5.41 Å². The van der Waals surface area contributed by atoms with Crippen LogP contribution in [0.25, 0.3) is 0 Å². The topological polar surface area (TPSA) is 72.3 Å². The van der Waals surface area contributed by atoms with Crippen LogP contribution >= 0.6 is 0 Å². The Morgan fingerprint density at radius 3 is 2.42 bits per heavy atom. The van der Waals surface area contributed by atoms with Crippen LogP contribution in [0.2, 0.25) is 0 Å². The molecule has 1 unspecified atom stereocenters. The van der Waals surface area contributed by atoms with Crippen molar-refractivity contribution in [3.05, 3.63) is 23.0 Å². The minimum atomic E-state index is -0.537. The molecule has 1 aliphatic carbocycles. The highest BCUT2D eigenvalue weighted by molar-refractivity contribution is 5.39. The van der Waals surface area contributed by atoms with Crippen molar-refractivity contribution >= 4 is 0 Å². The molecule has 0 aromatic carbocycles. The summed E-state index contributed by atoms with van der Waals surface area (Å²) in [5.74, 6) is 0. The van der Waals surface area contributed by atoms with Gasteiger partial charge in [0.25, 0.3) is 0 Å². The van der Waals surface area contributed by atoms with Crippen LogP contribution in [0.15, 0.2) is 23.0 Å². The second-order valence-corrected chi connectivity index (χ2v) is 3.83. The zero-order valence-corrected chi connectivity index (χ0v) is 7.76. The predicted molar refractivity (Wildman–Crippen MR) is 48.9 cm³/mol. The molecule has 1 rings (SSSR count). The van der Waals surface area contributed by atoms with E-state index in [9.17, 15) is 5.11 Å². The molecule has 0 saturated heterocycles. The van der Waals surface area contributed by atoms with Crippen molar-refractivity contribution in [2.75, 3.05) is 0 Å². The minimum absolute atomic E-state index is 0.299. The highest BCUT2D eigenvalue weighted by Crippen LogP contribution is 2.36. The Bertz CT molecular complexity index is 264. The van der Waals surface area contributed by atoms with Crippen LogP contribution in [-0.4, -0.2) is 11.2 Å². The Balaban J connectivity index is 3.18. The Morgan fingerprint density at radius 1 is 1.42 bits per heavy atom. The summed E-state index contributed by atoms with van der Waals surface area (Å²) < 4.78 is 0. The van der Waals surface area contributed by atoms with Crippen molar-refractivity contribution in [1.29, 1.82) is 0 Å². The molecule has 0 heterocycles. The zero-order valence-electron chi connectivity index (χ0n) is 7.76. The lowest BCUT2D eigenvalue weighted by atomic mass is 9.75. The predicted octanol–water partition coefficient (Wildman–Crippen LogP) is 0.462. The Hall–Kier alpha value is -0.960. The summed E-state index contributed by atoms with van der Waals surface area (Å²) in [7, 11) is 0. The first kappa shape index (κ1) is 9.13. The summed E-state index contributed by atoms with van der Waals surface area (Å²) in [6.45, 7) is 5.80. The molecule has 12 heavy (non-hydrogen) atoms. The van der Waals surface area contributed by atoms with Gasteiger partial charge in [0.2, 0.25) is 0 Å². The molecule has 1 atom stereocenters. The Morgan fingerprint density at radius 2 is 1.92 bits per heavy atom. The molecule has 0 radical (unpaired) electrons. The normalized spacial score (nSPS) is 28.7. The smallest absolute Gasteiger partial charge is 0.0833 e. The first-order chi connectivity index (χ1) is 5.37. The monoisotopic (exact) mass is 168 g/mol. The summed E-state index contributed by atoms with van der Waals surface area (Å²) in [5.41, 5.74) is 13.1. The van der Waals surface area contributed by atoms with Gasteiger partial charge in [0.15, 0.2) is 0 Å². The number of aliphatic hydroxyl groups is 1. The van der Waals surface area contributed by atoms with Crippen LogP contribution in [0.4, 0.5) is 0 Å². The SMILES string of the molecule is CC1=C(N)C(N)=CC(O)C1(C)C. The van der Waals surface area contributed by atoms with Crippen molar-refractivity contribution in [3.63, 3.8) is 0 Å². The molecule has 3 heteroatoms. The summed E-state index contributed by atoms with van der Waals surface area (Å²) in [6, 6.07) is 0. The van der Waals surface area contributed by atoms with Gasteiger partial charge in [-0.15, -0.1) is 0 Å². The molecule has 1 aliphatic rings. The molecule has 0 aromatic rings. The van der Waals surface area contributed by atoms with E-state index in [4.69, 9.17) is 11.5 Å². The van der Waals surface area contributed by atoms with Gasteiger partial charge in [-0.1, -0.05) is 13.8 Å². The summed E-state index contributed by atoms with van der Waals surface area (Å²) in [4.78, 5) is 0. The molecule has 0 amide bonds. The van der Waals surface area contributed by atoms with E-state index in [2.05, 4.69) is 0 Å². The van der Waals surface area contributed by atoms with Gasteiger partial charge in [-0.25, -0.2) is 0 Å². The van der Waals surface area contributed by atoms with E-state index in [1.807, 2.05) is 20.8 Å². The molecular formula is C9H16N2O. The van der Waals surface area contributed by atoms with Gasteiger partial charge in [-0.2, -0.15) is 0 Å². The second-order valence-electron chi connectivity index (χ2n) is 3.83. The van der Waals surface area contributed by atoms with Crippen LogP contribution in [0.5, 0.6) is 0 Å². The van der Waals surface area contributed by atoms with Crippen LogP contribution in [0.3, 0.4) is 0 Å². The Labute approximate surface area is 72.7 Å². The number of aliphatic hydroxyl groups excluding tert-OH is 1. The lowest BCUT2D eigenvalue weighted by Crippen LogP contribution is -2.36. The van der Waals surface area contributed by atoms with Crippen LogP contribution in [-0.2, 0) is 0 Å². The van der Waals surface area contributed by atoms with E-state index in [1.165, 1.54) is 0 Å². The Kier molecular flexibility index (Phi) is 1.92. The fourth-order valence-corrected chi connectivity index (χ4v) is 1.25. The van der Waals surface area contributed by atoms with Crippen molar-refractivity contribution in [3.8, 4) is 0 Å². The number of nitrogens with two attached hydrogens (primary N) is 2. The third-order valence-corrected chi connectivity index (χ3v) is 2.76. The zero-order chi connectivity index (χ0) is 9.52. The summed E-state index contributed by atoms with van der Waals surface area (Å²) in [6.07, 6.45) is 1.06. The van der Waals surface area contributed by atoms with Crippen molar-refractivity contribution in [2.45, 2.75) is 26.9 Å². The summed E-state index contributed by atoms with van der Waals surface area (Å²) >= 11 is 0. The molecule has 0 saturated carbocycles. The third-order valence-electron chi connectivity index (χ3n) is 2.76. The average Bonchev–Trinajstić information content (AvgIpc) is 1.99. The molecular weight excluding hydrogens is 152 g/mol. The van der Waals surface area contributed by atoms with Gasteiger partial charge in [-0.05, 0) is 18.6 Å². The van der Waals surface area contributed by atoms with E-state index in [0.717, 1.165) is 5.57 Å². The van der Waals surface area contributed by atoms with Gasteiger partial charge in [0.05, 0.1) is 17.5 Å². The number of hydrogen-bond acceptors (Lipinski definition) is 3. The molecule has 68 valence electrons. The average molecular weight is 168 g/mol. The standard InChI is InChI=1S/C9H16N2O/c1-5-8(11)6(10)4-7(12)9(5,2)3/h4,7,12H,10-11H2,1-3H3. The van der Waals surface area contributed by atoms with Gasteiger partial charge >= 0.3 is 0 Å². The first-order valence-corrected chi connectivity index (χ1v) is 4.00. The highest BCUT2D eigenvalue weighted by Gasteiger charge is 2.33. The first-order valence-electron chi connectivity index (χ1n) is 4.00. The fourth-order valence-electron chi connectivity index (χ4n) is 1.25. The molecule has 0 fully saturated rings. The second kappa shape index (κ2) is 2.52. The minimum Gasteiger partial charge on any atom is -0.397 e. The summed E-state index contributed by atoms with van der Waals surface area (Å²) in [5, 5.41) is 9.65. The van der Waals surface area contributed by atoms with Gasteiger partial charge in [0.1, 0.15) is 0 Å². The lowest BCUT2D eigenvalue weighted by Gasteiger charge is -2.34. The maximum atomic E-state index is 9.65. The third kappa shape index (κ3) is 1.10. The van der Waals surface area contributed by atoms with Gasteiger partial charge in [-0.3, -0.25) is 0 Å². The van der Waals surface area contributed by atoms with Crippen LogP contribution in [0, 0.1) is 5.41 Å². The van der Waals surface area contributed by atoms with E-state index in [1.54, 1.807) is 6.08 Å². The number of rotatable bonds is 0. The quantitative estimate of drug-likeness (QED) is 0.492. The maximum Gasteiger partial charge on any atom is 0.0833 e. The van der Waals surface area contributed by atoms with Gasteiger partial charge < -0.3 is 16.6 Å². The maximum absolute atomic E-state index is 9.65. The van der Waals surface area contributed by atoms with Crippen LogP contribution < -0.4 is 11.5 Å². The lowest BCUT2D eigenvalue weighted by molar-refractivity contribution is 0.113. The van der Waals surface area contributed by atoms with Crippen molar-refractivity contribution < 1.29 is 5.11 Å². The van der Waals surface area contributed by atoms with E-state index in [0.29, 0.717) is 11.4 Å². The van der Waals surface area contributed by atoms with E-state index in [-0.39, 0.29) is 5.41 Å². The fraction of sp³-hybridized carbons (Fsp3) is 0.556. The van der Waals surface area contributed by atoms with Crippen molar-refractivity contribution in [2.24, 2.45) is 16.9 Å². The largest absolute Gasteiger partial charge is 0.397 e. The molecule has 0 aliphatic heterocycles. The molecule has 3 nitrogen and oxygen atoms in total. The van der Waals surface area contributed by atoms with E-state index < -0.39 is 6.10 Å². The molecule has 0 aromatic heterocycles.